The molecule has 1 fully saturated rings. The van der Waals surface area contributed by atoms with Gasteiger partial charge in [-0.15, -0.1) is 0 Å². The van der Waals surface area contributed by atoms with Crippen LogP contribution in [0.3, 0.4) is 0 Å². The van der Waals surface area contributed by atoms with Gasteiger partial charge < -0.3 is 19.9 Å². The average molecular weight is 293 g/mol. The van der Waals surface area contributed by atoms with Crippen LogP contribution in [0.5, 0.6) is 0 Å². The van der Waals surface area contributed by atoms with Crippen molar-refractivity contribution in [1.82, 2.24) is 14.8 Å². The fourth-order valence-corrected chi connectivity index (χ4v) is 2.78. The Morgan fingerprint density at radius 2 is 2.10 bits per heavy atom. The molecular formula is C16H27N3O2. The molecule has 1 amide bonds. The van der Waals surface area contributed by atoms with E-state index in [0.29, 0.717) is 6.54 Å². The van der Waals surface area contributed by atoms with Crippen LogP contribution in [0.4, 0.5) is 0 Å². The molecule has 1 aliphatic rings. The van der Waals surface area contributed by atoms with Gasteiger partial charge in [0.15, 0.2) is 0 Å². The Morgan fingerprint density at radius 3 is 2.76 bits per heavy atom. The van der Waals surface area contributed by atoms with Gasteiger partial charge >= 0.3 is 0 Å². The number of aliphatic hydroxyl groups is 1. The fraction of sp³-hybridized carbons (Fsp3) is 0.688. The molecule has 0 radical (unpaired) electrons. The van der Waals surface area contributed by atoms with E-state index < -0.39 is 5.54 Å². The summed E-state index contributed by atoms with van der Waals surface area (Å²) in [5.41, 5.74) is -0.565. The Labute approximate surface area is 126 Å². The van der Waals surface area contributed by atoms with Crippen molar-refractivity contribution in [2.24, 2.45) is 0 Å². The van der Waals surface area contributed by atoms with E-state index in [4.69, 9.17) is 0 Å². The summed E-state index contributed by atoms with van der Waals surface area (Å²) in [4.78, 5) is 14.6. The molecule has 1 aromatic rings. The number of amides is 1. The molecule has 1 atom stereocenters. The fourth-order valence-electron chi connectivity index (χ4n) is 2.78. The molecule has 2 heterocycles. The van der Waals surface area contributed by atoms with Crippen LogP contribution >= 0.6 is 0 Å². The summed E-state index contributed by atoms with van der Waals surface area (Å²) in [7, 11) is 0. The number of β-amino-alcohol motifs (C(OH)–C–C–N with tert-alkyl or cyclic N) is 1. The van der Waals surface area contributed by atoms with Crippen molar-refractivity contribution in [2.45, 2.75) is 44.8 Å². The first-order chi connectivity index (χ1) is 10.00. The monoisotopic (exact) mass is 293 g/mol. The maximum atomic E-state index is 12.3. The molecule has 0 spiro atoms. The minimum atomic E-state index is -0.565. The summed E-state index contributed by atoms with van der Waals surface area (Å²) >= 11 is 0. The standard InChI is InChI=1S/C16H27N3O2/c1-16(2,19-11-3-4-12-19)15(21)17-8-6-10-18-9-5-7-14(20)13-18/h3-4,11-12,14,20H,5-10,13H2,1-2H3,(H,17,21)/t14-/m0/s1. The van der Waals surface area contributed by atoms with Gasteiger partial charge in [-0.1, -0.05) is 0 Å². The van der Waals surface area contributed by atoms with Crippen LogP contribution in [0.15, 0.2) is 24.5 Å². The number of aromatic nitrogens is 1. The van der Waals surface area contributed by atoms with Crippen molar-refractivity contribution in [3.63, 3.8) is 0 Å². The summed E-state index contributed by atoms with van der Waals surface area (Å²) in [5, 5.41) is 12.6. The van der Waals surface area contributed by atoms with Crippen molar-refractivity contribution >= 4 is 5.91 Å². The largest absolute Gasteiger partial charge is 0.392 e. The number of nitrogens with one attached hydrogen (secondary N) is 1. The Morgan fingerprint density at radius 1 is 1.38 bits per heavy atom. The van der Waals surface area contributed by atoms with Gasteiger partial charge in [0.2, 0.25) is 5.91 Å². The van der Waals surface area contributed by atoms with Crippen LogP contribution in [0.2, 0.25) is 0 Å². The average Bonchev–Trinajstić information content (AvgIpc) is 2.98. The van der Waals surface area contributed by atoms with Crippen LogP contribution in [0.1, 0.15) is 33.1 Å². The summed E-state index contributed by atoms with van der Waals surface area (Å²) in [6.07, 6.45) is 6.54. The van der Waals surface area contributed by atoms with E-state index in [2.05, 4.69) is 10.2 Å². The van der Waals surface area contributed by atoms with E-state index in [0.717, 1.165) is 38.9 Å². The lowest BCUT2D eigenvalue weighted by molar-refractivity contribution is -0.128. The quantitative estimate of drug-likeness (QED) is 0.775. The molecule has 0 aliphatic carbocycles. The molecule has 21 heavy (non-hydrogen) atoms. The Bertz CT molecular complexity index is 442. The van der Waals surface area contributed by atoms with E-state index in [1.165, 1.54) is 0 Å². The van der Waals surface area contributed by atoms with Crippen LogP contribution in [-0.4, -0.2) is 52.8 Å². The highest BCUT2D eigenvalue weighted by atomic mass is 16.3. The molecule has 2 rings (SSSR count). The number of aliphatic hydroxyl groups excluding tert-OH is 1. The van der Waals surface area contributed by atoms with Crippen molar-refractivity contribution in [2.75, 3.05) is 26.2 Å². The molecule has 0 saturated carbocycles. The maximum absolute atomic E-state index is 12.3. The van der Waals surface area contributed by atoms with Gasteiger partial charge in [-0.2, -0.15) is 0 Å². The van der Waals surface area contributed by atoms with Crippen molar-refractivity contribution in [1.29, 1.82) is 0 Å². The number of likely N-dealkylation sites (tertiary alicyclic amines) is 1. The van der Waals surface area contributed by atoms with Gasteiger partial charge in [-0.3, -0.25) is 4.79 Å². The highest BCUT2D eigenvalue weighted by Crippen LogP contribution is 2.15. The summed E-state index contributed by atoms with van der Waals surface area (Å²) in [6, 6.07) is 3.85. The van der Waals surface area contributed by atoms with Crippen molar-refractivity contribution in [3.8, 4) is 0 Å². The normalized spacial score (nSPS) is 20.4. The molecule has 0 bridgehead atoms. The number of hydrogen-bond acceptors (Lipinski definition) is 3. The van der Waals surface area contributed by atoms with Crippen LogP contribution in [0.25, 0.3) is 0 Å². The predicted molar refractivity (Wildman–Crippen MR) is 83.1 cm³/mol. The number of carbonyl (C=O) groups is 1. The molecule has 5 nitrogen and oxygen atoms in total. The van der Waals surface area contributed by atoms with Gasteiger partial charge in [0.1, 0.15) is 5.54 Å². The second-order valence-electron chi connectivity index (χ2n) is 6.36. The number of carbonyl (C=O) groups excluding carboxylic acids is 1. The second-order valence-corrected chi connectivity index (χ2v) is 6.36. The molecular weight excluding hydrogens is 266 g/mol. The minimum absolute atomic E-state index is 0.0392. The maximum Gasteiger partial charge on any atom is 0.245 e. The van der Waals surface area contributed by atoms with E-state index in [1.807, 2.05) is 42.9 Å². The Kier molecular flexibility index (Phi) is 5.42. The first-order valence-electron chi connectivity index (χ1n) is 7.82. The Balaban J connectivity index is 1.70. The highest BCUT2D eigenvalue weighted by Gasteiger charge is 2.28. The first-order valence-corrected chi connectivity index (χ1v) is 7.82. The van der Waals surface area contributed by atoms with Crippen LogP contribution in [0, 0.1) is 0 Å². The van der Waals surface area contributed by atoms with Gasteiger partial charge in [0.05, 0.1) is 6.10 Å². The first kappa shape index (κ1) is 16.0. The molecule has 1 aliphatic heterocycles. The lowest BCUT2D eigenvalue weighted by Gasteiger charge is -2.30. The third kappa shape index (κ3) is 4.32. The number of hydrogen-bond donors (Lipinski definition) is 2. The summed E-state index contributed by atoms with van der Waals surface area (Å²) < 4.78 is 1.92. The van der Waals surface area contributed by atoms with Gasteiger partial charge in [0.25, 0.3) is 0 Å². The van der Waals surface area contributed by atoms with Gasteiger partial charge in [0, 0.05) is 25.5 Å². The van der Waals surface area contributed by atoms with Crippen molar-refractivity contribution < 1.29 is 9.90 Å². The van der Waals surface area contributed by atoms with E-state index in [-0.39, 0.29) is 12.0 Å². The molecule has 0 aromatic carbocycles. The second kappa shape index (κ2) is 7.09. The van der Waals surface area contributed by atoms with Crippen LogP contribution < -0.4 is 5.32 Å². The molecule has 118 valence electrons. The molecule has 1 aromatic heterocycles. The smallest absolute Gasteiger partial charge is 0.245 e. The molecule has 1 saturated heterocycles. The molecule has 2 N–H and O–H groups in total. The third-order valence-corrected chi connectivity index (χ3v) is 4.22. The van der Waals surface area contributed by atoms with E-state index in [1.54, 1.807) is 0 Å². The topological polar surface area (TPSA) is 57.5 Å². The van der Waals surface area contributed by atoms with Gasteiger partial charge in [-0.25, -0.2) is 0 Å². The Hall–Kier alpha value is -1.33. The number of rotatable bonds is 6. The van der Waals surface area contributed by atoms with E-state index >= 15 is 0 Å². The molecule has 0 unspecified atom stereocenters. The predicted octanol–water partition coefficient (Wildman–Crippen LogP) is 1.19. The lowest BCUT2D eigenvalue weighted by Crippen LogP contribution is -2.45. The third-order valence-electron chi connectivity index (χ3n) is 4.22. The van der Waals surface area contributed by atoms with Gasteiger partial charge in [-0.05, 0) is 58.3 Å². The number of piperidine rings is 1. The zero-order valence-corrected chi connectivity index (χ0v) is 13.1. The van der Waals surface area contributed by atoms with Crippen molar-refractivity contribution in [3.05, 3.63) is 24.5 Å². The minimum Gasteiger partial charge on any atom is -0.392 e. The zero-order chi connectivity index (χ0) is 15.3. The zero-order valence-electron chi connectivity index (χ0n) is 13.1. The van der Waals surface area contributed by atoms with E-state index in [9.17, 15) is 9.90 Å². The molecule has 5 heteroatoms. The number of nitrogens with zero attached hydrogens (tertiary/aromatic N) is 2. The lowest BCUT2D eigenvalue weighted by atomic mass is 10.0. The highest BCUT2D eigenvalue weighted by molar-refractivity contribution is 5.83. The van der Waals surface area contributed by atoms with Crippen LogP contribution in [-0.2, 0) is 10.3 Å². The SMILES string of the molecule is CC(C)(C(=O)NCCCN1CCC[C@H](O)C1)n1cccc1. The summed E-state index contributed by atoms with van der Waals surface area (Å²) in [5.74, 6) is 0.0392. The summed E-state index contributed by atoms with van der Waals surface area (Å²) in [6.45, 7) is 7.27.